The molecule has 0 spiro atoms. The molecule has 2 aliphatic heterocycles. The fourth-order valence-corrected chi connectivity index (χ4v) is 4.99. The number of amides is 1. The Labute approximate surface area is 233 Å². The second-order valence-corrected chi connectivity index (χ2v) is 9.87. The summed E-state index contributed by atoms with van der Waals surface area (Å²) in [6.45, 7) is 6.97. The van der Waals surface area contributed by atoms with Crippen molar-refractivity contribution in [1.29, 1.82) is 0 Å². The molecule has 0 N–H and O–H groups in total. The van der Waals surface area contributed by atoms with E-state index in [-0.39, 0.29) is 19.2 Å². The van der Waals surface area contributed by atoms with Crippen LogP contribution in [0, 0.1) is 0 Å². The Morgan fingerprint density at radius 2 is 1.82 bits per heavy atom. The highest BCUT2D eigenvalue weighted by Crippen LogP contribution is 2.33. The first-order chi connectivity index (χ1) is 18.5. The standard InChI is InChI=1S/C27H33Cl2N3O6/c1-2-37-38-27(34)36-19-32-24-18-21(10-8-20(24)9-11-25(32)33)35-17-4-3-12-30-13-15-31(16-14-30)23-7-5-6-22(28)26(23)29/h5-8,10,18H,2-4,9,11-17,19H2,1H3. The summed E-state index contributed by atoms with van der Waals surface area (Å²) in [5, 5.41) is 1.20. The van der Waals surface area contributed by atoms with E-state index in [2.05, 4.69) is 19.6 Å². The number of benzene rings is 2. The van der Waals surface area contributed by atoms with Crippen molar-refractivity contribution in [3.05, 3.63) is 52.0 Å². The fraction of sp³-hybridized carbons (Fsp3) is 0.481. The molecule has 38 heavy (non-hydrogen) atoms. The van der Waals surface area contributed by atoms with Gasteiger partial charge in [-0.05, 0) is 56.5 Å². The van der Waals surface area contributed by atoms with Crippen molar-refractivity contribution in [3.8, 4) is 5.75 Å². The molecule has 4 rings (SSSR count). The van der Waals surface area contributed by atoms with Crippen molar-refractivity contribution < 1.29 is 28.8 Å². The molecule has 0 aromatic heterocycles. The second-order valence-electron chi connectivity index (χ2n) is 9.08. The number of piperazine rings is 1. The zero-order chi connectivity index (χ0) is 26.9. The minimum atomic E-state index is -0.992. The molecule has 2 aliphatic rings. The van der Waals surface area contributed by atoms with Crippen LogP contribution < -0.4 is 14.5 Å². The van der Waals surface area contributed by atoms with Crippen molar-refractivity contribution in [2.75, 3.05) is 62.5 Å². The smallest absolute Gasteiger partial charge is 0.494 e. The Morgan fingerprint density at radius 3 is 2.61 bits per heavy atom. The molecule has 0 unspecified atom stereocenters. The van der Waals surface area contributed by atoms with E-state index in [0.29, 0.717) is 40.9 Å². The van der Waals surface area contributed by atoms with Gasteiger partial charge in [-0.3, -0.25) is 19.5 Å². The van der Waals surface area contributed by atoms with Crippen LogP contribution in [0.15, 0.2) is 36.4 Å². The summed E-state index contributed by atoms with van der Waals surface area (Å²) >= 11 is 12.5. The first-order valence-corrected chi connectivity index (χ1v) is 13.7. The lowest BCUT2D eigenvalue weighted by Crippen LogP contribution is -2.46. The first kappa shape index (κ1) is 28.3. The molecule has 0 saturated carbocycles. The Morgan fingerprint density at radius 1 is 1.00 bits per heavy atom. The number of carbonyl (C=O) groups is 2. The molecule has 206 valence electrons. The molecule has 11 heteroatoms. The molecule has 1 amide bonds. The molecule has 2 heterocycles. The average Bonchev–Trinajstić information content (AvgIpc) is 2.93. The topological polar surface area (TPSA) is 80.8 Å². The number of unbranched alkanes of at least 4 members (excludes halogenated alkanes) is 1. The minimum Gasteiger partial charge on any atom is -0.494 e. The zero-order valence-corrected chi connectivity index (χ0v) is 23.0. The number of rotatable bonds is 11. The van der Waals surface area contributed by atoms with Gasteiger partial charge in [-0.2, -0.15) is 4.89 Å². The highest BCUT2D eigenvalue weighted by atomic mass is 35.5. The molecule has 2 aromatic rings. The van der Waals surface area contributed by atoms with Crippen LogP contribution in [0.4, 0.5) is 16.2 Å². The predicted octanol–water partition coefficient (Wildman–Crippen LogP) is 5.32. The number of nitrogens with zero attached hydrogens (tertiary/aromatic N) is 3. The Hall–Kier alpha value is -2.72. The van der Waals surface area contributed by atoms with Gasteiger partial charge in [-0.1, -0.05) is 35.3 Å². The molecule has 1 saturated heterocycles. The molecular weight excluding hydrogens is 533 g/mol. The summed E-state index contributed by atoms with van der Waals surface area (Å²) in [7, 11) is 0. The summed E-state index contributed by atoms with van der Waals surface area (Å²) in [4.78, 5) is 39.3. The number of hydrogen-bond donors (Lipinski definition) is 0. The zero-order valence-electron chi connectivity index (χ0n) is 21.5. The molecule has 0 atom stereocenters. The number of ether oxygens (including phenoxy) is 2. The molecule has 0 bridgehead atoms. The van der Waals surface area contributed by atoms with Gasteiger partial charge in [0, 0.05) is 38.7 Å². The normalized spacial score (nSPS) is 15.8. The average molecular weight is 566 g/mol. The maximum Gasteiger partial charge on any atom is 0.542 e. The van der Waals surface area contributed by atoms with Gasteiger partial charge in [-0.25, -0.2) is 4.79 Å². The van der Waals surface area contributed by atoms with Crippen molar-refractivity contribution >= 4 is 46.6 Å². The summed E-state index contributed by atoms with van der Waals surface area (Å²) in [5.41, 5.74) is 2.67. The van der Waals surface area contributed by atoms with E-state index in [1.807, 2.05) is 36.4 Å². The van der Waals surface area contributed by atoms with Crippen molar-refractivity contribution in [3.63, 3.8) is 0 Å². The number of fused-ring (bicyclic) bond motifs is 1. The Balaban J connectivity index is 1.19. The molecule has 9 nitrogen and oxygen atoms in total. The molecular formula is C27H33Cl2N3O6. The maximum absolute atomic E-state index is 12.5. The summed E-state index contributed by atoms with van der Waals surface area (Å²) < 4.78 is 11.0. The van der Waals surface area contributed by atoms with Crippen LogP contribution in [-0.4, -0.2) is 69.6 Å². The largest absolute Gasteiger partial charge is 0.542 e. The summed E-state index contributed by atoms with van der Waals surface area (Å²) in [6.07, 6.45) is 1.91. The third kappa shape index (κ3) is 7.44. The number of aryl methyl sites for hydroxylation is 1. The van der Waals surface area contributed by atoms with E-state index in [4.69, 9.17) is 32.7 Å². The van der Waals surface area contributed by atoms with Gasteiger partial charge in [0.15, 0.2) is 6.73 Å². The SMILES string of the molecule is CCOOC(=O)OCN1C(=O)CCc2ccc(OCCCCN3CCN(c4cccc(Cl)c4Cl)CC3)cc21. The predicted molar refractivity (Wildman–Crippen MR) is 146 cm³/mol. The maximum atomic E-state index is 12.5. The van der Waals surface area contributed by atoms with Crippen molar-refractivity contribution in [1.82, 2.24) is 4.90 Å². The van der Waals surface area contributed by atoms with E-state index in [1.54, 1.807) is 6.92 Å². The highest BCUT2D eigenvalue weighted by Gasteiger charge is 2.26. The summed E-state index contributed by atoms with van der Waals surface area (Å²) in [5.74, 6) is 0.545. The minimum absolute atomic E-state index is 0.128. The van der Waals surface area contributed by atoms with E-state index in [0.717, 1.165) is 56.8 Å². The van der Waals surface area contributed by atoms with Gasteiger partial charge < -0.3 is 14.4 Å². The monoisotopic (exact) mass is 565 g/mol. The molecule has 1 fully saturated rings. The van der Waals surface area contributed by atoms with E-state index >= 15 is 0 Å². The fourth-order valence-electron chi connectivity index (χ4n) is 4.57. The van der Waals surface area contributed by atoms with Crippen LogP contribution in [0.3, 0.4) is 0 Å². The number of carbonyl (C=O) groups excluding carboxylic acids is 2. The first-order valence-electron chi connectivity index (χ1n) is 12.9. The highest BCUT2D eigenvalue weighted by molar-refractivity contribution is 6.43. The van der Waals surface area contributed by atoms with E-state index in [9.17, 15) is 9.59 Å². The van der Waals surface area contributed by atoms with Crippen LogP contribution in [0.25, 0.3) is 0 Å². The Bertz CT molecular complexity index is 1110. The van der Waals surface area contributed by atoms with Crippen LogP contribution in [0.1, 0.15) is 31.7 Å². The van der Waals surface area contributed by atoms with Gasteiger partial charge in [0.1, 0.15) is 5.75 Å². The van der Waals surface area contributed by atoms with Crippen LogP contribution in [-0.2, 0) is 25.7 Å². The van der Waals surface area contributed by atoms with Gasteiger partial charge >= 0.3 is 6.16 Å². The number of anilines is 2. The van der Waals surface area contributed by atoms with Crippen LogP contribution in [0.2, 0.25) is 10.0 Å². The van der Waals surface area contributed by atoms with Crippen LogP contribution in [0.5, 0.6) is 5.75 Å². The number of halogens is 2. The molecule has 0 radical (unpaired) electrons. The number of hydrogen-bond acceptors (Lipinski definition) is 8. The van der Waals surface area contributed by atoms with Gasteiger partial charge in [0.25, 0.3) is 0 Å². The van der Waals surface area contributed by atoms with Gasteiger partial charge in [0.05, 0.1) is 34.6 Å². The van der Waals surface area contributed by atoms with Gasteiger partial charge in [-0.15, -0.1) is 0 Å². The molecule has 0 aliphatic carbocycles. The van der Waals surface area contributed by atoms with Gasteiger partial charge in [0.2, 0.25) is 5.91 Å². The Kier molecular flexibility index (Phi) is 10.3. The van der Waals surface area contributed by atoms with E-state index < -0.39 is 6.16 Å². The lowest BCUT2D eigenvalue weighted by Gasteiger charge is -2.36. The third-order valence-corrected chi connectivity index (χ3v) is 7.40. The van der Waals surface area contributed by atoms with Crippen molar-refractivity contribution in [2.45, 2.75) is 32.6 Å². The molecule has 2 aromatic carbocycles. The van der Waals surface area contributed by atoms with Crippen LogP contribution >= 0.6 is 23.2 Å². The lowest BCUT2D eigenvalue weighted by molar-refractivity contribution is -0.251. The summed E-state index contributed by atoms with van der Waals surface area (Å²) in [6, 6.07) is 11.4. The lowest BCUT2D eigenvalue weighted by atomic mass is 10.0. The quantitative estimate of drug-likeness (QED) is 0.157. The van der Waals surface area contributed by atoms with Crippen molar-refractivity contribution in [2.24, 2.45) is 0 Å². The second kappa shape index (κ2) is 13.9. The van der Waals surface area contributed by atoms with E-state index in [1.165, 1.54) is 4.90 Å². The third-order valence-electron chi connectivity index (χ3n) is 6.59.